The van der Waals surface area contributed by atoms with Gasteiger partial charge in [-0.15, -0.1) is 0 Å². The van der Waals surface area contributed by atoms with Crippen LogP contribution in [-0.2, 0) is 11.3 Å². The van der Waals surface area contributed by atoms with E-state index in [1.807, 2.05) is 25.3 Å². The molecule has 0 saturated carbocycles. The van der Waals surface area contributed by atoms with Gasteiger partial charge in [0.15, 0.2) is 5.82 Å². The number of aryl methyl sites for hydroxylation is 2. The maximum absolute atomic E-state index is 12.6. The second kappa shape index (κ2) is 7.82. The smallest absolute Gasteiger partial charge is 0.253 e. The first-order chi connectivity index (χ1) is 14.0. The summed E-state index contributed by atoms with van der Waals surface area (Å²) in [5.74, 6) is 1.41. The Morgan fingerprint density at radius 1 is 1.00 bits per heavy atom. The number of rotatable bonds is 4. The lowest BCUT2D eigenvalue weighted by atomic mass is 10.3. The van der Waals surface area contributed by atoms with Crippen LogP contribution in [0.25, 0.3) is 5.82 Å². The third-order valence-corrected chi connectivity index (χ3v) is 4.87. The van der Waals surface area contributed by atoms with Gasteiger partial charge in [0.1, 0.15) is 18.7 Å². The molecule has 10 nitrogen and oxygen atoms in total. The fourth-order valence-electron chi connectivity index (χ4n) is 3.24. The van der Waals surface area contributed by atoms with Gasteiger partial charge in [-0.1, -0.05) is 0 Å². The summed E-state index contributed by atoms with van der Waals surface area (Å²) in [6, 6.07) is 5.24. The van der Waals surface area contributed by atoms with Gasteiger partial charge in [-0.2, -0.15) is 5.10 Å². The van der Waals surface area contributed by atoms with Gasteiger partial charge in [-0.05, 0) is 19.9 Å². The molecule has 1 aliphatic rings. The number of piperazine rings is 1. The molecule has 0 spiro atoms. The monoisotopic (exact) mass is 394 g/mol. The topological polar surface area (TPSA) is 102 Å². The predicted octanol–water partition coefficient (Wildman–Crippen LogP) is 0.185. The number of amides is 1. The number of carbonyl (C=O) groups is 1. The van der Waals surface area contributed by atoms with Crippen LogP contribution in [0.5, 0.6) is 0 Å². The summed E-state index contributed by atoms with van der Waals surface area (Å²) in [7, 11) is 0. The Balaban J connectivity index is 1.39. The number of hydrogen-bond acceptors (Lipinski definition) is 7. The zero-order chi connectivity index (χ0) is 20.4. The lowest BCUT2D eigenvalue weighted by Crippen LogP contribution is -2.50. The minimum Gasteiger partial charge on any atom is -0.353 e. The molecule has 10 heteroatoms. The highest BCUT2D eigenvalue weighted by Crippen LogP contribution is 2.16. The Hall–Kier alpha value is -3.56. The van der Waals surface area contributed by atoms with E-state index in [1.165, 1.54) is 23.3 Å². The average molecular weight is 394 g/mol. The second-order valence-corrected chi connectivity index (χ2v) is 7.00. The van der Waals surface area contributed by atoms with Gasteiger partial charge in [-0.3, -0.25) is 14.2 Å². The van der Waals surface area contributed by atoms with Crippen molar-refractivity contribution in [1.29, 1.82) is 0 Å². The van der Waals surface area contributed by atoms with Crippen LogP contribution in [0.1, 0.15) is 11.4 Å². The number of aromatic nitrogens is 6. The minimum absolute atomic E-state index is 0.00240. The van der Waals surface area contributed by atoms with Gasteiger partial charge in [0.25, 0.3) is 5.56 Å². The van der Waals surface area contributed by atoms with Crippen molar-refractivity contribution in [2.75, 3.05) is 31.1 Å². The van der Waals surface area contributed by atoms with E-state index in [0.29, 0.717) is 37.7 Å². The van der Waals surface area contributed by atoms with Crippen molar-refractivity contribution >= 4 is 11.7 Å². The zero-order valence-electron chi connectivity index (χ0n) is 16.4. The average Bonchev–Trinajstić information content (AvgIpc) is 3.17. The van der Waals surface area contributed by atoms with E-state index in [-0.39, 0.29) is 18.0 Å². The highest BCUT2D eigenvalue weighted by atomic mass is 16.2. The van der Waals surface area contributed by atoms with Crippen LogP contribution in [0.4, 0.5) is 5.82 Å². The second-order valence-electron chi connectivity index (χ2n) is 7.00. The normalized spacial score (nSPS) is 14.3. The molecule has 1 saturated heterocycles. The molecule has 150 valence electrons. The van der Waals surface area contributed by atoms with E-state index >= 15 is 0 Å². The quantitative estimate of drug-likeness (QED) is 0.622. The van der Waals surface area contributed by atoms with Crippen molar-refractivity contribution in [3.63, 3.8) is 0 Å². The number of nitrogens with zero attached hydrogens (tertiary/aromatic N) is 8. The Morgan fingerprint density at radius 2 is 1.76 bits per heavy atom. The molecule has 0 N–H and O–H groups in total. The van der Waals surface area contributed by atoms with Gasteiger partial charge in [-0.25, -0.2) is 19.6 Å². The Bertz CT molecular complexity index is 1080. The van der Waals surface area contributed by atoms with Crippen LogP contribution in [0.3, 0.4) is 0 Å². The fourth-order valence-corrected chi connectivity index (χ4v) is 3.24. The molecule has 1 amide bonds. The SMILES string of the molecule is Cc1cc(=O)n(CC(=O)N2CCN(c3cc(-n4ccc(C)n4)ncn3)CC2)cn1. The Kier molecular flexibility index (Phi) is 5.07. The highest BCUT2D eigenvalue weighted by molar-refractivity contribution is 5.76. The molecular formula is C19H22N8O2. The molecule has 3 aromatic heterocycles. The first-order valence-corrected chi connectivity index (χ1v) is 9.40. The zero-order valence-corrected chi connectivity index (χ0v) is 16.4. The van der Waals surface area contributed by atoms with Crippen molar-refractivity contribution < 1.29 is 4.79 Å². The molecule has 4 heterocycles. The van der Waals surface area contributed by atoms with Gasteiger partial charge in [0.2, 0.25) is 5.91 Å². The summed E-state index contributed by atoms with van der Waals surface area (Å²) in [5, 5.41) is 4.38. The standard InChI is InChI=1S/C19H22N8O2/c1-14-3-4-27(23-14)17-10-16(20-12-21-17)24-5-7-25(8-6-24)19(29)11-26-13-22-15(2)9-18(26)28/h3-4,9-10,12-13H,5-8,11H2,1-2H3. The fraction of sp³-hybridized carbons (Fsp3) is 0.368. The molecule has 3 aromatic rings. The van der Waals surface area contributed by atoms with Gasteiger partial charge >= 0.3 is 0 Å². The first-order valence-electron chi connectivity index (χ1n) is 9.40. The van der Waals surface area contributed by atoms with E-state index in [1.54, 1.807) is 16.5 Å². The van der Waals surface area contributed by atoms with Crippen LogP contribution in [-0.4, -0.2) is 66.3 Å². The van der Waals surface area contributed by atoms with Crippen molar-refractivity contribution in [1.82, 2.24) is 34.2 Å². The molecule has 0 radical (unpaired) electrons. The van der Waals surface area contributed by atoms with Crippen molar-refractivity contribution in [2.24, 2.45) is 0 Å². The van der Waals surface area contributed by atoms with Crippen LogP contribution < -0.4 is 10.5 Å². The summed E-state index contributed by atoms with van der Waals surface area (Å²) in [5.41, 5.74) is 1.34. The highest BCUT2D eigenvalue weighted by Gasteiger charge is 2.22. The van der Waals surface area contributed by atoms with Crippen LogP contribution in [0.2, 0.25) is 0 Å². The number of hydrogen-bond donors (Lipinski definition) is 0. The molecule has 0 aromatic carbocycles. The summed E-state index contributed by atoms with van der Waals surface area (Å²) in [6.45, 7) is 6.11. The van der Waals surface area contributed by atoms with E-state index in [9.17, 15) is 9.59 Å². The van der Waals surface area contributed by atoms with Crippen molar-refractivity contribution in [2.45, 2.75) is 20.4 Å². The number of carbonyl (C=O) groups excluding carboxylic acids is 1. The molecule has 0 bridgehead atoms. The molecule has 4 rings (SSSR count). The van der Waals surface area contributed by atoms with E-state index in [2.05, 4.69) is 25.0 Å². The summed E-state index contributed by atoms with van der Waals surface area (Å²) in [6.07, 6.45) is 4.81. The van der Waals surface area contributed by atoms with E-state index < -0.39 is 0 Å². The molecule has 0 atom stereocenters. The lowest BCUT2D eigenvalue weighted by molar-refractivity contribution is -0.132. The first kappa shape index (κ1) is 18.8. The third-order valence-electron chi connectivity index (χ3n) is 4.87. The molecule has 1 fully saturated rings. The maximum atomic E-state index is 12.6. The molecule has 0 aliphatic carbocycles. The summed E-state index contributed by atoms with van der Waals surface area (Å²) >= 11 is 0. The Labute approximate surface area is 167 Å². The molecule has 0 unspecified atom stereocenters. The van der Waals surface area contributed by atoms with Crippen LogP contribution in [0, 0.1) is 13.8 Å². The van der Waals surface area contributed by atoms with E-state index in [4.69, 9.17) is 0 Å². The molecule has 29 heavy (non-hydrogen) atoms. The van der Waals surface area contributed by atoms with Crippen LogP contribution >= 0.6 is 0 Å². The lowest BCUT2D eigenvalue weighted by Gasteiger charge is -2.35. The largest absolute Gasteiger partial charge is 0.353 e. The summed E-state index contributed by atoms with van der Waals surface area (Å²) < 4.78 is 3.05. The van der Waals surface area contributed by atoms with Crippen molar-refractivity contribution in [3.8, 4) is 5.82 Å². The minimum atomic E-state index is -0.216. The van der Waals surface area contributed by atoms with Crippen molar-refractivity contribution in [3.05, 3.63) is 58.8 Å². The third kappa shape index (κ3) is 4.15. The maximum Gasteiger partial charge on any atom is 0.253 e. The van der Waals surface area contributed by atoms with Crippen LogP contribution in [0.15, 0.2) is 41.8 Å². The van der Waals surface area contributed by atoms with Gasteiger partial charge < -0.3 is 9.80 Å². The number of anilines is 1. The van der Waals surface area contributed by atoms with Gasteiger partial charge in [0, 0.05) is 50.2 Å². The molecular weight excluding hydrogens is 372 g/mol. The van der Waals surface area contributed by atoms with Gasteiger partial charge in [0.05, 0.1) is 12.0 Å². The Morgan fingerprint density at radius 3 is 2.45 bits per heavy atom. The molecule has 1 aliphatic heterocycles. The summed E-state index contributed by atoms with van der Waals surface area (Å²) in [4.78, 5) is 41.2. The predicted molar refractivity (Wildman–Crippen MR) is 106 cm³/mol. The van der Waals surface area contributed by atoms with E-state index in [0.717, 1.165) is 11.5 Å².